The number of carbonyl (C=O) groups is 1. The highest BCUT2D eigenvalue weighted by molar-refractivity contribution is 6.76. The summed E-state index contributed by atoms with van der Waals surface area (Å²) in [5, 5.41) is 0. The van der Waals surface area contributed by atoms with Gasteiger partial charge in [-0.25, -0.2) is 0 Å². The summed E-state index contributed by atoms with van der Waals surface area (Å²) in [4.78, 5) is 11.6. The minimum Gasteiger partial charge on any atom is -0.461 e. The second-order valence-corrected chi connectivity index (χ2v) is 10.3. The molecule has 82 valence electrons. The van der Waals surface area contributed by atoms with E-state index in [-0.39, 0.29) is 11.9 Å². The quantitative estimate of drug-likeness (QED) is 0.386. The van der Waals surface area contributed by atoms with Gasteiger partial charge in [-0.3, -0.25) is 4.79 Å². The third-order valence-corrected chi connectivity index (χ3v) is 3.75. The van der Waals surface area contributed by atoms with Gasteiger partial charge in [0.2, 0.25) is 0 Å². The van der Waals surface area contributed by atoms with Crippen molar-refractivity contribution in [2.75, 3.05) is 6.61 Å². The molecule has 0 radical (unpaired) electrons. The number of carbonyl (C=O) groups excluding carboxylic acids is 1. The molecular weight excluding hydrogens is 192 g/mol. The third-order valence-electron chi connectivity index (χ3n) is 2.03. The lowest BCUT2D eigenvalue weighted by molar-refractivity contribution is -0.146. The summed E-state index contributed by atoms with van der Waals surface area (Å²) >= 11 is 0. The van der Waals surface area contributed by atoms with E-state index in [9.17, 15) is 4.79 Å². The van der Waals surface area contributed by atoms with E-state index in [0.717, 1.165) is 12.5 Å². The van der Waals surface area contributed by atoms with Crippen molar-refractivity contribution >= 4 is 14.0 Å². The van der Waals surface area contributed by atoms with Crippen molar-refractivity contribution in [2.24, 2.45) is 5.92 Å². The first kappa shape index (κ1) is 13.4. The van der Waals surface area contributed by atoms with Crippen LogP contribution in [0.2, 0.25) is 25.7 Å². The van der Waals surface area contributed by atoms with Gasteiger partial charge < -0.3 is 4.74 Å². The first-order chi connectivity index (χ1) is 6.40. The Labute approximate surface area is 88.4 Å². The molecule has 0 aliphatic heterocycles. The Morgan fingerprint density at radius 2 is 2.07 bits per heavy atom. The van der Waals surface area contributed by atoms with Gasteiger partial charge in [0.1, 0.15) is 6.61 Å². The molecule has 0 heterocycles. The zero-order valence-electron chi connectivity index (χ0n) is 9.80. The van der Waals surface area contributed by atoms with Gasteiger partial charge in [-0.15, -0.1) is 0 Å². The second kappa shape index (κ2) is 6.01. The van der Waals surface area contributed by atoms with E-state index in [1.54, 1.807) is 6.08 Å². The van der Waals surface area contributed by atoms with E-state index in [4.69, 9.17) is 4.74 Å². The van der Waals surface area contributed by atoms with Crippen LogP contribution in [0.4, 0.5) is 0 Å². The minimum atomic E-state index is -1.17. The summed E-state index contributed by atoms with van der Waals surface area (Å²) in [7, 11) is -1.17. The Balaban J connectivity index is 4.12. The zero-order valence-corrected chi connectivity index (χ0v) is 10.8. The fraction of sp³-hybridized carbons (Fsp3) is 0.727. The molecule has 0 aliphatic carbocycles. The van der Waals surface area contributed by atoms with E-state index in [1.165, 1.54) is 0 Å². The molecule has 14 heavy (non-hydrogen) atoms. The molecule has 2 nitrogen and oxygen atoms in total. The van der Waals surface area contributed by atoms with Crippen LogP contribution in [-0.4, -0.2) is 20.7 Å². The fourth-order valence-corrected chi connectivity index (χ4v) is 3.33. The molecule has 0 saturated carbocycles. The standard InChI is InChI=1S/C11H22O2Si/c1-6-8-13-11(12)10(7-2)9-14(3,4)5/h6,10H,1,7-9H2,2-5H3. The van der Waals surface area contributed by atoms with Crippen LogP contribution in [0, 0.1) is 5.92 Å². The van der Waals surface area contributed by atoms with Crippen LogP contribution in [0.1, 0.15) is 13.3 Å². The Hall–Kier alpha value is -0.573. The molecule has 0 aromatic carbocycles. The molecule has 0 saturated heterocycles. The number of esters is 1. The highest BCUT2D eigenvalue weighted by Gasteiger charge is 2.25. The maximum absolute atomic E-state index is 11.6. The molecule has 0 bridgehead atoms. The third kappa shape index (κ3) is 5.97. The Bertz CT molecular complexity index is 194. The Kier molecular flexibility index (Phi) is 5.77. The molecule has 0 spiro atoms. The number of hydrogen-bond acceptors (Lipinski definition) is 2. The summed E-state index contributed by atoms with van der Waals surface area (Å²) < 4.78 is 5.06. The van der Waals surface area contributed by atoms with E-state index in [1.807, 2.05) is 6.92 Å². The van der Waals surface area contributed by atoms with Gasteiger partial charge in [0.25, 0.3) is 0 Å². The van der Waals surface area contributed by atoms with Crippen LogP contribution in [0.3, 0.4) is 0 Å². The predicted octanol–water partition coefficient (Wildman–Crippen LogP) is 3.08. The number of hydrogen-bond donors (Lipinski definition) is 0. The highest BCUT2D eigenvalue weighted by atomic mass is 28.3. The van der Waals surface area contributed by atoms with Crippen molar-refractivity contribution in [1.29, 1.82) is 0 Å². The first-order valence-corrected chi connectivity index (χ1v) is 8.89. The smallest absolute Gasteiger partial charge is 0.308 e. The van der Waals surface area contributed by atoms with Gasteiger partial charge in [-0.1, -0.05) is 39.2 Å². The van der Waals surface area contributed by atoms with E-state index in [2.05, 4.69) is 26.2 Å². The topological polar surface area (TPSA) is 26.3 Å². The molecular formula is C11H22O2Si. The van der Waals surface area contributed by atoms with Crippen molar-refractivity contribution in [1.82, 2.24) is 0 Å². The van der Waals surface area contributed by atoms with Crippen molar-refractivity contribution in [3.63, 3.8) is 0 Å². The van der Waals surface area contributed by atoms with E-state index < -0.39 is 8.07 Å². The second-order valence-electron chi connectivity index (χ2n) is 4.79. The summed E-state index contributed by atoms with van der Waals surface area (Å²) in [5.74, 6) is 0.0245. The molecule has 0 aromatic heterocycles. The van der Waals surface area contributed by atoms with E-state index in [0.29, 0.717) is 6.61 Å². The molecule has 3 heteroatoms. The Morgan fingerprint density at radius 1 is 1.50 bits per heavy atom. The van der Waals surface area contributed by atoms with Crippen LogP contribution < -0.4 is 0 Å². The van der Waals surface area contributed by atoms with Crippen molar-refractivity contribution in [3.8, 4) is 0 Å². The molecule has 0 fully saturated rings. The first-order valence-electron chi connectivity index (χ1n) is 5.18. The molecule has 1 atom stereocenters. The maximum atomic E-state index is 11.6. The molecule has 0 aliphatic rings. The van der Waals surface area contributed by atoms with Gasteiger partial charge >= 0.3 is 5.97 Å². The molecule has 1 unspecified atom stereocenters. The number of rotatable bonds is 6. The molecule has 0 rings (SSSR count). The fourth-order valence-electron chi connectivity index (χ4n) is 1.39. The monoisotopic (exact) mass is 214 g/mol. The van der Waals surface area contributed by atoms with Crippen LogP contribution in [-0.2, 0) is 9.53 Å². The van der Waals surface area contributed by atoms with Gasteiger partial charge in [0, 0.05) is 8.07 Å². The lowest BCUT2D eigenvalue weighted by Gasteiger charge is -2.21. The maximum Gasteiger partial charge on any atom is 0.308 e. The largest absolute Gasteiger partial charge is 0.461 e. The van der Waals surface area contributed by atoms with Crippen molar-refractivity contribution < 1.29 is 9.53 Å². The predicted molar refractivity (Wildman–Crippen MR) is 63.1 cm³/mol. The van der Waals surface area contributed by atoms with Crippen LogP contribution in [0.25, 0.3) is 0 Å². The lowest BCUT2D eigenvalue weighted by Crippen LogP contribution is -2.28. The van der Waals surface area contributed by atoms with Crippen molar-refractivity contribution in [3.05, 3.63) is 12.7 Å². The summed E-state index contributed by atoms with van der Waals surface area (Å²) in [6, 6.07) is 1.01. The number of ether oxygens (including phenoxy) is 1. The zero-order chi connectivity index (χ0) is 11.2. The SMILES string of the molecule is C=CCOC(=O)C(CC)C[Si](C)(C)C. The molecule has 0 N–H and O–H groups in total. The normalized spacial score (nSPS) is 13.4. The van der Waals surface area contributed by atoms with Crippen molar-refractivity contribution in [2.45, 2.75) is 39.0 Å². The summed E-state index contributed by atoms with van der Waals surface area (Å²) in [6.07, 6.45) is 2.49. The highest BCUT2D eigenvalue weighted by Crippen LogP contribution is 2.20. The lowest BCUT2D eigenvalue weighted by atomic mass is 10.1. The van der Waals surface area contributed by atoms with Gasteiger partial charge in [-0.2, -0.15) is 0 Å². The minimum absolute atomic E-state index is 0.0603. The van der Waals surface area contributed by atoms with Crippen LogP contribution in [0.15, 0.2) is 12.7 Å². The van der Waals surface area contributed by atoms with Crippen LogP contribution in [0.5, 0.6) is 0 Å². The van der Waals surface area contributed by atoms with Gasteiger partial charge in [0.15, 0.2) is 0 Å². The molecule has 0 amide bonds. The summed E-state index contributed by atoms with van der Waals surface area (Å²) in [5.41, 5.74) is 0. The average Bonchev–Trinajstić information content (AvgIpc) is 2.08. The van der Waals surface area contributed by atoms with Gasteiger partial charge in [0.05, 0.1) is 5.92 Å². The average molecular weight is 214 g/mol. The van der Waals surface area contributed by atoms with Gasteiger partial charge in [-0.05, 0) is 12.5 Å². The molecule has 0 aromatic rings. The van der Waals surface area contributed by atoms with E-state index >= 15 is 0 Å². The summed E-state index contributed by atoms with van der Waals surface area (Å²) in [6.45, 7) is 12.7. The Morgan fingerprint density at radius 3 is 2.43 bits per heavy atom. The van der Waals surface area contributed by atoms with Crippen LogP contribution >= 0.6 is 0 Å².